The van der Waals surface area contributed by atoms with Crippen molar-refractivity contribution in [2.24, 2.45) is 5.92 Å². The molecular weight excluding hydrogens is 372 g/mol. The molecule has 2 aliphatic heterocycles. The number of unbranched alkanes of at least 4 members (excludes halogenated alkanes) is 1. The first kappa shape index (κ1) is 20.3. The minimum atomic E-state index is 0.116. The van der Waals surface area contributed by atoms with Crippen molar-refractivity contribution < 1.29 is 4.79 Å². The summed E-state index contributed by atoms with van der Waals surface area (Å²) >= 11 is 0. The van der Waals surface area contributed by atoms with Crippen molar-refractivity contribution in [1.82, 2.24) is 5.32 Å². The summed E-state index contributed by atoms with van der Waals surface area (Å²) in [7, 11) is 0. The van der Waals surface area contributed by atoms with Gasteiger partial charge in [0.15, 0.2) is 0 Å². The number of carbonyl (C=O) groups excluding carboxylic acids is 1. The number of fused-ring (bicyclic) bond motifs is 1. The Bertz CT molecular complexity index is 894. The van der Waals surface area contributed by atoms with Crippen LogP contribution in [0.25, 0.3) is 0 Å². The van der Waals surface area contributed by atoms with E-state index in [2.05, 4.69) is 45.5 Å². The van der Waals surface area contributed by atoms with Gasteiger partial charge in [0.2, 0.25) is 5.91 Å². The summed E-state index contributed by atoms with van der Waals surface area (Å²) in [6, 6.07) is 18.5. The van der Waals surface area contributed by atoms with E-state index < -0.39 is 0 Å². The highest BCUT2D eigenvalue weighted by molar-refractivity contribution is 5.79. The molecule has 30 heavy (non-hydrogen) atoms. The summed E-state index contributed by atoms with van der Waals surface area (Å²) in [6.07, 6.45) is 5.04. The fourth-order valence-electron chi connectivity index (χ4n) is 4.57. The Morgan fingerprint density at radius 3 is 2.57 bits per heavy atom. The lowest BCUT2D eigenvalue weighted by molar-refractivity contribution is -0.125. The summed E-state index contributed by atoms with van der Waals surface area (Å²) in [4.78, 5) is 17.3. The topological polar surface area (TPSA) is 59.4 Å². The van der Waals surface area contributed by atoms with E-state index in [1.54, 1.807) is 0 Å². The Morgan fingerprint density at radius 1 is 1.03 bits per heavy atom. The SMILES string of the molecule is N#Cc1ccc(N2CCC(C(=O)NCCCCN3CCc4ccccc43)CC2)cc1. The molecule has 2 aromatic rings. The zero-order valence-electron chi connectivity index (χ0n) is 17.5. The molecule has 5 heteroatoms. The second-order valence-electron chi connectivity index (χ2n) is 8.28. The molecule has 0 saturated carbocycles. The van der Waals surface area contributed by atoms with Gasteiger partial charge in [0, 0.05) is 50.0 Å². The van der Waals surface area contributed by atoms with Crippen LogP contribution in [0.2, 0.25) is 0 Å². The first-order valence-electron chi connectivity index (χ1n) is 11.1. The predicted octanol–water partition coefficient (Wildman–Crippen LogP) is 3.73. The molecule has 0 aliphatic carbocycles. The minimum Gasteiger partial charge on any atom is -0.371 e. The highest BCUT2D eigenvalue weighted by atomic mass is 16.1. The quantitative estimate of drug-likeness (QED) is 0.717. The van der Waals surface area contributed by atoms with Gasteiger partial charge in [-0.1, -0.05) is 18.2 Å². The molecule has 0 aromatic heterocycles. The van der Waals surface area contributed by atoms with E-state index in [9.17, 15) is 4.79 Å². The molecule has 2 heterocycles. The van der Waals surface area contributed by atoms with E-state index in [1.165, 1.54) is 11.3 Å². The van der Waals surface area contributed by atoms with Gasteiger partial charge >= 0.3 is 0 Å². The lowest BCUT2D eigenvalue weighted by Crippen LogP contribution is -2.40. The monoisotopic (exact) mass is 402 g/mol. The van der Waals surface area contributed by atoms with E-state index in [-0.39, 0.29) is 11.8 Å². The average molecular weight is 403 g/mol. The Hall–Kier alpha value is -3.00. The third kappa shape index (κ3) is 4.76. The van der Waals surface area contributed by atoms with Crippen LogP contribution >= 0.6 is 0 Å². The van der Waals surface area contributed by atoms with Gasteiger partial charge in [0.1, 0.15) is 0 Å². The molecule has 0 atom stereocenters. The normalized spacial score (nSPS) is 16.2. The van der Waals surface area contributed by atoms with E-state index in [4.69, 9.17) is 5.26 Å². The summed E-state index contributed by atoms with van der Waals surface area (Å²) in [5, 5.41) is 12.1. The fraction of sp³-hybridized carbons (Fsp3) is 0.440. The van der Waals surface area contributed by atoms with Crippen LogP contribution in [-0.2, 0) is 11.2 Å². The van der Waals surface area contributed by atoms with Crippen molar-refractivity contribution in [3.05, 3.63) is 59.7 Å². The standard InChI is InChI=1S/C25H30N4O/c26-19-20-7-9-23(10-8-20)28-16-12-22(13-17-28)25(30)27-14-3-4-15-29-18-11-21-5-1-2-6-24(21)29/h1-2,5-10,22H,3-4,11-18H2,(H,27,30). The van der Waals surface area contributed by atoms with Crippen LogP contribution in [0.15, 0.2) is 48.5 Å². The molecule has 1 amide bonds. The Kier molecular flexibility index (Phi) is 6.53. The van der Waals surface area contributed by atoms with Gasteiger partial charge in [-0.15, -0.1) is 0 Å². The maximum atomic E-state index is 12.5. The summed E-state index contributed by atoms with van der Waals surface area (Å²) < 4.78 is 0. The number of nitriles is 1. The van der Waals surface area contributed by atoms with Crippen molar-refractivity contribution in [3.8, 4) is 6.07 Å². The molecule has 1 N–H and O–H groups in total. The molecule has 1 fully saturated rings. The highest BCUT2D eigenvalue weighted by Crippen LogP contribution is 2.27. The number of nitrogens with zero attached hydrogens (tertiary/aromatic N) is 3. The number of nitrogens with one attached hydrogen (secondary N) is 1. The fourth-order valence-corrected chi connectivity index (χ4v) is 4.57. The van der Waals surface area contributed by atoms with E-state index in [0.717, 1.165) is 70.5 Å². The number of para-hydroxylation sites is 1. The molecule has 0 unspecified atom stereocenters. The van der Waals surface area contributed by atoms with Gasteiger partial charge in [-0.3, -0.25) is 4.79 Å². The van der Waals surface area contributed by atoms with Gasteiger partial charge in [-0.05, 0) is 68.0 Å². The van der Waals surface area contributed by atoms with Crippen LogP contribution in [-0.4, -0.2) is 38.6 Å². The number of amides is 1. The lowest BCUT2D eigenvalue weighted by Gasteiger charge is -2.33. The van der Waals surface area contributed by atoms with Gasteiger partial charge in [-0.2, -0.15) is 5.26 Å². The van der Waals surface area contributed by atoms with Crippen LogP contribution in [0, 0.1) is 17.2 Å². The van der Waals surface area contributed by atoms with Crippen molar-refractivity contribution in [3.63, 3.8) is 0 Å². The Labute approximate surface area is 179 Å². The highest BCUT2D eigenvalue weighted by Gasteiger charge is 2.25. The number of rotatable bonds is 7. The van der Waals surface area contributed by atoms with Crippen LogP contribution < -0.4 is 15.1 Å². The number of piperidine rings is 1. The maximum Gasteiger partial charge on any atom is 0.223 e. The molecule has 0 bridgehead atoms. The van der Waals surface area contributed by atoms with Gasteiger partial charge in [-0.25, -0.2) is 0 Å². The van der Waals surface area contributed by atoms with Crippen LogP contribution in [0.5, 0.6) is 0 Å². The van der Waals surface area contributed by atoms with Crippen molar-refractivity contribution in [1.29, 1.82) is 5.26 Å². The maximum absolute atomic E-state index is 12.5. The largest absolute Gasteiger partial charge is 0.371 e. The molecule has 0 radical (unpaired) electrons. The number of anilines is 2. The third-order valence-corrected chi connectivity index (χ3v) is 6.36. The van der Waals surface area contributed by atoms with Crippen LogP contribution in [0.4, 0.5) is 11.4 Å². The van der Waals surface area contributed by atoms with E-state index in [1.807, 2.05) is 24.3 Å². The molecule has 2 aliphatic rings. The molecule has 156 valence electrons. The van der Waals surface area contributed by atoms with E-state index in [0.29, 0.717) is 5.56 Å². The summed E-state index contributed by atoms with van der Waals surface area (Å²) in [5.74, 6) is 0.325. The second kappa shape index (κ2) is 9.67. The molecule has 5 nitrogen and oxygen atoms in total. The zero-order chi connectivity index (χ0) is 20.8. The lowest BCUT2D eigenvalue weighted by atomic mass is 9.95. The predicted molar refractivity (Wildman–Crippen MR) is 121 cm³/mol. The van der Waals surface area contributed by atoms with Crippen molar-refractivity contribution in [2.75, 3.05) is 42.5 Å². The Morgan fingerprint density at radius 2 is 1.80 bits per heavy atom. The first-order valence-corrected chi connectivity index (χ1v) is 11.1. The number of carbonyl (C=O) groups is 1. The average Bonchev–Trinajstić information content (AvgIpc) is 3.22. The number of hydrogen-bond donors (Lipinski definition) is 1. The number of hydrogen-bond acceptors (Lipinski definition) is 4. The first-order chi connectivity index (χ1) is 14.7. The third-order valence-electron chi connectivity index (χ3n) is 6.36. The smallest absolute Gasteiger partial charge is 0.223 e. The van der Waals surface area contributed by atoms with Crippen LogP contribution in [0.1, 0.15) is 36.8 Å². The molecule has 0 spiro atoms. The molecule has 4 rings (SSSR count). The Balaban J connectivity index is 1.13. The second-order valence-corrected chi connectivity index (χ2v) is 8.28. The number of benzene rings is 2. The van der Waals surface area contributed by atoms with Crippen molar-refractivity contribution in [2.45, 2.75) is 32.1 Å². The summed E-state index contributed by atoms with van der Waals surface area (Å²) in [6.45, 7) is 4.72. The van der Waals surface area contributed by atoms with Gasteiger partial charge in [0.05, 0.1) is 11.6 Å². The zero-order valence-corrected chi connectivity index (χ0v) is 17.5. The van der Waals surface area contributed by atoms with Gasteiger partial charge < -0.3 is 15.1 Å². The minimum absolute atomic E-state index is 0.116. The molecule has 2 aromatic carbocycles. The molecule has 1 saturated heterocycles. The van der Waals surface area contributed by atoms with Crippen molar-refractivity contribution >= 4 is 17.3 Å². The molecular formula is C25H30N4O. The van der Waals surface area contributed by atoms with E-state index >= 15 is 0 Å². The van der Waals surface area contributed by atoms with Crippen LogP contribution in [0.3, 0.4) is 0 Å². The van der Waals surface area contributed by atoms with Gasteiger partial charge in [0.25, 0.3) is 0 Å². The summed E-state index contributed by atoms with van der Waals surface area (Å²) in [5.41, 5.74) is 4.66.